The number of halogens is 1. The van der Waals surface area contributed by atoms with Crippen LogP contribution in [0.4, 0.5) is 0 Å². The van der Waals surface area contributed by atoms with Crippen LogP contribution in [0.2, 0.25) is 0 Å². The van der Waals surface area contributed by atoms with Crippen LogP contribution in [0.5, 0.6) is 5.75 Å². The molecule has 0 spiro atoms. The number of fused-ring (bicyclic) bond motifs is 1. The monoisotopic (exact) mass is 477 g/mol. The average molecular weight is 478 g/mol. The highest BCUT2D eigenvalue weighted by molar-refractivity contribution is 9.10. The van der Waals surface area contributed by atoms with E-state index in [1.807, 2.05) is 42.5 Å². The molecule has 0 bridgehead atoms. The average Bonchev–Trinajstić information content (AvgIpc) is 2.71. The Morgan fingerprint density at radius 3 is 2.52 bits per heavy atom. The van der Waals surface area contributed by atoms with Crippen LogP contribution in [-0.2, 0) is 19.6 Å². The molecule has 0 radical (unpaired) electrons. The summed E-state index contributed by atoms with van der Waals surface area (Å²) in [4.78, 5) is 11.9. The number of hydrogen-bond donors (Lipinski definition) is 1. The maximum absolute atomic E-state index is 12.4. The molecular formula is C21H20BrNO5S. The number of ether oxygens (including phenoxy) is 2. The Kier molecular flexibility index (Phi) is 7.24. The van der Waals surface area contributed by atoms with E-state index >= 15 is 0 Å². The van der Waals surface area contributed by atoms with Crippen molar-refractivity contribution in [1.82, 2.24) is 4.72 Å². The van der Waals surface area contributed by atoms with Crippen molar-refractivity contribution in [1.29, 1.82) is 0 Å². The van der Waals surface area contributed by atoms with E-state index in [9.17, 15) is 13.2 Å². The van der Waals surface area contributed by atoms with Gasteiger partial charge < -0.3 is 9.47 Å². The van der Waals surface area contributed by atoms with Crippen molar-refractivity contribution in [2.45, 2.75) is 11.3 Å². The highest BCUT2D eigenvalue weighted by atomic mass is 79.9. The first-order valence-electron chi connectivity index (χ1n) is 8.96. The van der Waals surface area contributed by atoms with Gasteiger partial charge in [-0.2, -0.15) is 0 Å². The van der Waals surface area contributed by atoms with Gasteiger partial charge in [0.2, 0.25) is 10.0 Å². The van der Waals surface area contributed by atoms with Gasteiger partial charge in [0, 0.05) is 11.0 Å². The van der Waals surface area contributed by atoms with E-state index in [1.165, 1.54) is 0 Å². The van der Waals surface area contributed by atoms with Crippen molar-refractivity contribution in [3.8, 4) is 5.75 Å². The summed E-state index contributed by atoms with van der Waals surface area (Å²) in [5.41, 5.74) is 0. The number of rotatable bonds is 9. The van der Waals surface area contributed by atoms with E-state index in [1.54, 1.807) is 24.3 Å². The third kappa shape index (κ3) is 6.28. The Morgan fingerprint density at radius 1 is 0.931 bits per heavy atom. The zero-order valence-corrected chi connectivity index (χ0v) is 17.9. The molecule has 3 rings (SSSR count). The minimum atomic E-state index is -3.70. The standard InChI is InChI=1S/C21H20BrNO5S/c22-18-6-3-7-19(15-18)27-12-13-28-21(24)10-11-23-29(25,26)20-9-8-16-4-1-2-5-17(16)14-20/h1-9,14-15,23H,10-13H2. The lowest BCUT2D eigenvalue weighted by molar-refractivity contribution is -0.144. The van der Waals surface area contributed by atoms with E-state index in [-0.39, 0.29) is 31.1 Å². The van der Waals surface area contributed by atoms with Gasteiger partial charge in [0.15, 0.2) is 0 Å². The third-order valence-corrected chi connectivity index (χ3v) is 6.02. The molecule has 3 aromatic carbocycles. The van der Waals surface area contributed by atoms with Gasteiger partial charge in [-0.1, -0.05) is 52.3 Å². The second-order valence-corrected chi connectivity index (χ2v) is 8.87. The smallest absolute Gasteiger partial charge is 0.307 e. The Balaban J connectivity index is 1.41. The molecule has 0 saturated carbocycles. The van der Waals surface area contributed by atoms with Gasteiger partial charge in [0.25, 0.3) is 0 Å². The maximum atomic E-state index is 12.4. The van der Waals surface area contributed by atoms with Gasteiger partial charge in [-0.15, -0.1) is 0 Å². The lowest BCUT2D eigenvalue weighted by Crippen LogP contribution is -2.27. The Morgan fingerprint density at radius 2 is 1.72 bits per heavy atom. The van der Waals surface area contributed by atoms with Gasteiger partial charge in [0.05, 0.1) is 11.3 Å². The van der Waals surface area contributed by atoms with Crippen molar-refractivity contribution >= 4 is 42.7 Å². The number of benzene rings is 3. The van der Waals surface area contributed by atoms with E-state index in [0.29, 0.717) is 5.75 Å². The zero-order valence-electron chi connectivity index (χ0n) is 15.5. The van der Waals surface area contributed by atoms with Crippen LogP contribution >= 0.6 is 15.9 Å². The fourth-order valence-corrected chi connectivity index (χ4v) is 4.09. The summed E-state index contributed by atoms with van der Waals surface area (Å²) in [5.74, 6) is 0.169. The largest absolute Gasteiger partial charge is 0.490 e. The van der Waals surface area contributed by atoms with Crippen LogP contribution in [0.1, 0.15) is 6.42 Å². The summed E-state index contributed by atoms with van der Waals surface area (Å²) in [5, 5.41) is 1.79. The lowest BCUT2D eigenvalue weighted by atomic mass is 10.1. The van der Waals surface area contributed by atoms with Crippen LogP contribution in [0.25, 0.3) is 10.8 Å². The van der Waals surface area contributed by atoms with Gasteiger partial charge in [0.1, 0.15) is 19.0 Å². The molecule has 29 heavy (non-hydrogen) atoms. The number of carbonyl (C=O) groups excluding carboxylic acids is 1. The van der Waals surface area contributed by atoms with E-state index in [2.05, 4.69) is 20.7 Å². The van der Waals surface area contributed by atoms with Crippen LogP contribution in [-0.4, -0.2) is 34.1 Å². The third-order valence-electron chi connectivity index (χ3n) is 4.06. The molecule has 0 fully saturated rings. The van der Waals surface area contributed by atoms with Crippen LogP contribution in [0.3, 0.4) is 0 Å². The molecule has 0 aliphatic rings. The molecule has 152 valence electrons. The van der Waals surface area contributed by atoms with E-state index in [4.69, 9.17) is 9.47 Å². The van der Waals surface area contributed by atoms with Gasteiger partial charge in [-0.3, -0.25) is 4.79 Å². The molecule has 6 nitrogen and oxygen atoms in total. The number of carbonyl (C=O) groups is 1. The number of sulfonamides is 1. The minimum Gasteiger partial charge on any atom is -0.490 e. The van der Waals surface area contributed by atoms with Gasteiger partial charge >= 0.3 is 5.97 Å². The topological polar surface area (TPSA) is 81.7 Å². The van der Waals surface area contributed by atoms with Gasteiger partial charge in [-0.25, -0.2) is 13.1 Å². The maximum Gasteiger partial charge on any atom is 0.307 e. The summed E-state index contributed by atoms with van der Waals surface area (Å²) in [6.07, 6.45) is -0.0658. The summed E-state index contributed by atoms with van der Waals surface area (Å²) >= 11 is 3.35. The predicted molar refractivity (Wildman–Crippen MR) is 114 cm³/mol. The quantitative estimate of drug-likeness (QED) is 0.373. The molecule has 0 saturated heterocycles. The molecule has 0 atom stereocenters. The summed E-state index contributed by atoms with van der Waals surface area (Å²) in [6, 6.07) is 19.7. The van der Waals surface area contributed by atoms with Crippen molar-refractivity contribution in [2.24, 2.45) is 0 Å². The highest BCUT2D eigenvalue weighted by Crippen LogP contribution is 2.19. The molecule has 3 aromatic rings. The van der Waals surface area contributed by atoms with Crippen molar-refractivity contribution in [3.63, 3.8) is 0 Å². The second-order valence-electron chi connectivity index (χ2n) is 6.18. The summed E-state index contributed by atoms with van der Waals surface area (Å²) in [7, 11) is -3.70. The first kappa shape index (κ1) is 21.3. The van der Waals surface area contributed by atoms with Gasteiger partial charge in [-0.05, 0) is 41.1 Å². The van der Waals surface area contributed by atoms with E-state index < -0.39 is 16.0 Å². The minimum absolute atomic E-state index is 0.0412. The van der Waals surface area contributed by atoms with Crippen LogP contribution < -0.4 is 9.46 Å². The molecule has 0 aliphatic heterocycles. The number of esters is 1. The Bertz CT molecular complexity index is 1100. The Labute approximate surface area is 178 Å². The lowest BCUT2D eigenvalue weighted by Gasteiger charge is -2.09. The number of hydrogen-bond acceptors (Lipinski definition) is 5. The zero-order chi connectivity index (χ0) is 20.7. The first-order chi connectivity index (χ1) is 13.9. The van der Waals surface area contributed by atoms with Crippen LogP contribution in [0.15, 0.2) is 76.1 Å². The predicted octanol–water partition coefficient (Wildman–Crippen LogP) is 3.89. The van der Waals surface area contributed by atoms with Crippen molar-refractivity contribution < 1.29 is 22.7 Å². The normalized spacial score (nSPS) is 11.3. The molecule has 1 N–H and O–H groups in total. The molecular weight excluding hydrogens is 458 g/mol. The van der Waals surface area contributed by atoms with E-state index in [0.717, 1.165) is 15.2 Å². The summed E-state index contributed by atoms with van der Waals surface area (Å²) < 4.78 is 38.7. The fraction of sp³-hybridized carbons (Fsp3) is 0.190. The second kappa shape index (κ2) is 9.87. The van der Waals surface area contributed by atoms with Crippen molar-refractivity contribution in [2.75, 3.05) is 19.8 Å². The Hall–Kier alpha value is -2.42. The molecule has 0 amide bonds. The molecule has 0 aliphatic carbocycles. The molecule has 0 unspecified atom stereocenters. The first-order valence-corrected chi connectivity index (χ1v) is 11.2. The molecule has 0 aromatic heterocycles. The summed E-state index contributed by atoms with van der Waals surface area (Å²) in [6.45, 7) is 0.258. The van der Waals surface area contributed by atoms with Crippen molar-refractivity contribution in [3.05, 3.63) is 71.2 Å². The number of nitrogens with one attached hydrogen (secondary N) is 1. The van der Waals surface area contributed by atoms with Crippen LogP contribution in [0, 0.1) is 0 Å². The fourth-order valence-electron chi connectivity index (χ4n) is 2.65. The molecule has 0 heterocycles. The SMILES string of the molecule is O=C(CCNS(=O)(=O)c1ccc2ccccc2c1)OCCOc1cccc(Br)c1. The highest BCUT2D eigenvalue weighted by Gasteiger charge is 2.15. The molecule has 8 heteroatoms.